The molecule has 30 heavy (non-hydrogen) atoms. The van der Waals surface area contributed by atoms with Crippen molar-refractivity contribution in [1.29, 1.82) is 0 Å². The lowest BCUT2D eigenvalue weighted by atomic mass is 10.2. The minimum absolute atomic E-state index is 0.0991. The molecular weight excluding hydrogens is 429 g/mol. The van der Waals surface area contributed by atoms with Gasteiger partial charge in [0.15, 0.2) is 6.61 Å². The summed E-state index contributed by atoms with van der Waals surface area (Å²) in [5, 5.41) is 1.55. The molecule has 0 unspecified atom stereocenters. The number of esters is 1. The number of anilines is 1. The summed E-state index contributed by atoms with van der Waals surface area (Å²) < 4.78 is 73.2. The molecule has 8 nitrogen and oxygen atoms in total. The number of hydrogen-bond donors (Lipinski definition) is 2. The first-order valence-corrected chi connectivity index (χ1v) is 9.76. The molecule has 0 atom stereocenters. The van der Waals surface area contributed by atoms with E-state index in [0.717, 1.165) is 0 Å². The monoisotopic (exact) mass is 446 g/mol. The predicted molar refractivity (Wildman–Crippen MR) is 99.6 cm³/mol. The van der Waals surface area contributed by atoms with E-state index in [1.165, 1.54) is 55.6 Å². The van der Waals surface area contributed by atoms with Crippen molar-refractivity contribution in [3.8, 4) is 5.75 Å². The zero-order valence-electron chi connectivity index (χ0n) is 15.5. The summed E-state index contributed by atoms with van der Waals surface area (Å²) >= 11 is 0. The van der Waals surface area contributed by atoms with Crippen LogP contribution in [-0.2, 0) is 19.6 Å². The number of ether oxygens (including phenoxy) is 2. The number of benzene rings is 2. The van der Waals surface area contributed by atoms with Crippen LogP contribution in [0.15, 0.2) is 53.4 Å². The quantitative estimate of drug-likeness (QED) is 0.603. The molecule has 2 aromatic carbocycles. The lowest BCUT2D eigenvalue weighted by molar-refractivity contribution is -0.140. The highest BCUT2D eigenvalue weighted by molar-refractivity contribution is 7.92. The van der Waals surface area contributed by atoms with E-state index < -0.39 is 41.2 Å². The number of sulfonamides is 1. The van der Waals surface area contributed by atoms with Gasteiger partial charge in [-0.2, -0.15) is 13.2 Å². The van der Waals surface area contributed by atoms with Crippen LogP contribution >= 0.6 is 0 Å². The normalized spacial score (nSPS) is 11.5. The van der Waals surface area contributed by atoms with Crippen molar-refractivity contribution >= 4 is 27.6 Å². The number of carbonyl (C=O) groups is 2. The van der Waals surface area contributed by atoms with Gasteiger partial charge in [0.1, 0.15) is 12.3 Å². The lowest BCUT2D eigenvalue weighted by Crippen LogP contribution is -2.36. The fraction of sp³-hybridized carbons (Fsp3) is 0.222. The van der Waals surface area contributed by atoms with E-state index in [4.69, 9.17) is 4.74 Å². The zero-order valence-corrected chi connectivity index (χ0v) is 16.3. The average molecular weight is 446 g/mol. The number of nitrogens with one attached hydrogen (secondary N) is 2. The Balaban J connectivity index is 2.09. The lowest BCUT2D eigenvalue weighted by Gasteiger charge is -2.13. The topological polar surface area (TPSA) is 111 Å². The van der Waals surface area contributed by atoms with Gasteiger partial charge < -0.3 is 14.8 Å². The Morgan fingerprint density at radius 2 is 1.67 bits per heavy atom. The Labute approximate surface area is 170 Å². The van der Waals surface area contributed by atoms with Crippen LogP contribution in [0.2, 0.25) is 0 Å². The summed E-state index contributed by atoms with van der Waals surface area (Å²) in [5.74, 6) is -1.80. The number of amides is 1. The summed E-state index contributed by atoms with van der Waals surface area (Å²) in [6.45, 7) is -2.53. The summed E-state index contributed by atoms with van der Waals surface area (Å²) in [6.07, 6.45) is -4.61. The second kappa shape index (κ2) is 9.48. The molecule has 0 saturated heterocycles. The van der Waals surface area contributed by atoms with Gasteiger partial charge in [-0.05, 0) is 36.4 Å². The van der Waals surface area contributed by atoms with Crippen LogP contribution in [0.1, 0.15) is 10.4 Å². The first kappa shape index (κ1) is 23.0. The number of carbonyl (C=O) groups excluding carboxylic acids is 2. The van der Waals surface area contributed by atoms with Crippen molar-refractivity contribution in [3.05, 3.63) is 54.1 Å². The Morgan fingerprint density at radius 1 is 1.03 bits per heavy atom. The fourth-order valence-corrected chi connectivity index (χ4v) is 3.25. The number of methoxy groups -OCH3 is 1. The summed E-state index contributed by atoms with van der Waals surface area (Å²) in [6, 6.07) is 10.9. The molecule has 2 aromatic rings. The van der Waals surface area contributed by atoms with Gasteiger partial charge in [0.2, 0.25) is 0 Å². The van der Waals surface area contributed by atoms with Crippen molar-refractivity contribution in [2.75, 3.05) is 25.0 Å². The first-order valence-electron chi connectivity index (χ1n) is 8.28. The molecule has 0 aliphatic heterocycles. The van der Waals surface area contributed by atoms with Crippen LogP contribution in [0.3, 0.4) is 0 Å². The number of alkyl halides is 3. The van der Waals surface area contributed by atoms with Gasteiger partial charge >= 0.3 is 12.1 Å². The average Bonchev–Trinajstić information content (AvgIpc) is 2.70. The Bertz CT molecular complexity index is 1010. The van der Waals surface area contributed by atoms with E-state index in [9.17, 15) is 31.2 Å². The number of halogens is 3. The van der Waals surface area contributed by atoms with E-state index in [2.05, 4.69) is 9.46 Å². The van der Waals surface area contributed by atoms with E-state index in [0.29, 0.717) is 5.75 Å². The smallest absolute Gasteiger partial charge is 0.405 e. The Kier molecular flexibility index (Phi) is 7.27. The van der Waals surface area contributed by atoms with Gasteiger partial charge in [0, 0.05) is 0 Å². The largest absolute Gasteiger partial charge is 0.497 e. The van der Waals surface area contributed by atoms with Crippen LogP contribution in [0.5, 0.6) is 5.75 Å². The van der Waals surface area contributed by atoms with Crippen LogP contribution in [0.4, 0.5) is 18.9 Å². The highest BCUT2D eigenvalue weighted by atomic mass is 32.2. The molecule has 0 heterocycles. The molecule has 0 aliphatic rings. The van der Waals surface area contributed by atoms with Gasteiger partial charge in [-0.1, -0.05) is 12.1 Å². The highest BCUT2D eigenvalue weighted by Crippen LogP contribution is 2.22. The summed E-state index contributed by atoms with van der Waals surface area (Å²) in [4.78, 5) is 23.5. The maximum Gasteiger partial charge on any atom is 0.405 e. The Hall–Kier alpha value is -3.28. The predicted octanol–water partition coefficient (Wildman–Crippen LogP) is 2.33. The van der Waals surface area contributed by atoms with Crippen molar-refractivity contribution in [2.45, 2.75) is 11.1 Å². The number of rotatable bonds is 8. The van der Waals surface area contributed by atoms with Gasteiger partial charge in [0.25, 0.3) is 15.9 Å². The molecule has 12 heteroatoms. The van der Waals surface area contributed by atoms with Crippen LogP contribution in [0, 0.1) is 0 Å². The molecule has 0 saturated carbocycles. The van der Waals surface area contributed by atoms with E-state index in [-0.39, 0.29) is 16.1 Å². The van der Waals surface area contributed by atoms with Crippen LogP contribution < -0.4 is 14.8 Å². The zero-order chi connectivity index (χ0) is 22.4. The second-order valence-corrected chi connectivity index (χ2v) is 7.48. The molecule has 1 amide bonds. The van der Waals surface area contributed by atoms with Gasteiger partial charge in [0.05, 0.1) is 23.3 Å². The second-order valence-electron chi connectivity index (χ2n) is 5.79. The molecule has 0 aromatic heterocycles. The van der Waals surface area contributed by atoms with Crippen molar-refractivity contribution in [2.24, 2.45) is 0 Å². The van der Waals surface area contributed by atoms with E-state index in [1.807, 2.05) is 0 Å². The molecule has 0 bridgehead atoms. The molecular formula is C18H17F3N2O6S. The van der Waals surface area contributed by atoms with E-state index >= 15 is 0 Å². The van der Waals surface area contributed by atoms with Gasteiger partial charge in [-0.15, -0.1) is 0 Å². The molecule has 2 N–H and O–H groups in total. The maximum absolute atomic E-state index is 12.5. The maximum atomic E-state index is 12.5. The molecule has 0 radical (unpaired) electrons. The molecule has 0 spiro atoms. The third-order valence-corrected chi connectivity index (χ3v) is 4.96. The SMILES string of the molecule is COc1ccc(S(=O)(=O)Nc2ccccc2C(=O)OCC(=O)NCC(F)(F)F)cc1. The van der Waals surface area contributed by atoms with E-state index in [1.54, 1.807) is 5.32 Å². The molecule has 162 valence electrons. The molecule has 0 aliphatic carbocycles. The third-order valence-electron chi connectivity index (χ3n) is 3.58. The third kappa shape index (κ3) is 6.65. The molecule has 2 rings (SSSR count). The summed E-state index contributed by atoms with van der Waals surface area (Å²) in [7, 11) is -2.64. The summed E-state index contributed by atoms with van der Waals surface area (Å²) in [5.41, 5.74) is -0.354. The van der Waals surface area contributed by atoms with Gasteiger partial charge in [-0.3, -0.25) is 9.52 Å². The van der Waals surface area contributed by atoms with Crippen molar-refractivity contribution < 1.29 is 40.7 Å². The van der Waals surface area contributed by atoms with Crippen molar-refractivity contribution in [3.63, 3.8) is 0 Å². The highest BCUT2D eigenvalue weighted by Gasteiger charge is 2.28. The standard InChI is InChI=1S/C18H17F3N2O6S/c1-28-12-6-8-13(9-7-12)30(26,27)23-15-5-3-2-4-14(15)17(25)29-10-16(24)22-11-18(19,20)21/h2-9,23H,10-11H2,1H3,(H,22,24). The number of para-hydroxylation sites is 1. The Morgan fingerprint density at radius 3 is 2.27 bits per heavy atom. The first-order chi connectivity index (χ1) is 14.0. The minimum atomic E-state index is -4.61. The number of hydrogen-bond acceptors (Lipinski definition) is 6. The molecule has 0 fully saturated rings. The van der Waals surface area contributed by atoms with Crippen LogP contribution in [0.25, 0.3) is 0 Å². The van der Waals surface area contributed by atoms with Crippen molar-refractivity contribution in [1.82, 2.24) is 5.32 Å². The minimum Gasteiger partial charge on any atom is -0.497 e. The van der Waals surface area contributed by atoms with Crippen LogP contribution in [-0.4, -0.2) is 46.7 Å². The fourth-order valence-electron chi connectivity index (χ4n) is 2.17. The van der Waals surface area contributed by atoms with Gasteiger partial charge in [-0.25, -0.2) is 13.2 Å².